The third-order valence-corrected chi connectivity index (χ3v) is 4.85. The summed E-state index contributed by atoms with van der Waals surface area (Å²) in [6, 6.07) is 24.9. The molecule has 0 spiro atoms. The topological polar surface area (TPSA) is 20.2 Å². The summed E-state index contributed by atoms with van der Waals surface area (Å²) in [5.41, 5.74) is 5.62. The molecule has 3 aromatic carbocycles. The minimum Gasteiger partial charge on any atom is -0.507 e. The Hall–Kier alpha value is -2.54. The fraction of sp³-hybridized carbons (Fsp3) is 0.217. The summed E-state index contributed by atoms with van der Waals surface area (Å²) >= 11 is 0. The van der Waals surface area contributed by atoms with E-state index in [-0.39, 0.29) is 11.8 Å². The van der Waals surface area contributed by atoms with Crippen LogP contribution in [0.1, 0.15) is 53.5 Å². The number of aromatic hydroxyl groups is 1. The Bertz CT molecular complexity index is 739. The van der Waals surface area contributed by atoms with Gasteiger partial charge in [0.1, 0.15) is 5.75 Å². The van der Waals surface area contributed by atoms with Gasteiger partial charge >= 0.3 is 0 Å². The van der Waals surface area contributed by atoms with E-state index in [0.29, 0.717) is 5.75 Å². The first-order chi connectivity index (χ1) is 11.6. The highest BCUT2D eigenvalue weighted by Gasteiger charge is 2.20. The molecule has 0 radical (unpaired) electrons. The normalized spacial score (nSPS) is 13.5. The molecular formula is C23H24O. The van der Waals surface area contributed by atoms with Crippen LogP contribution in [-0.4, -0.2) is 5.11 Å². The van der Waals surface area contributed by atoms with Crippen LogP contribution < -0.4 is 0 Å². The molecule has 0 fully saturated rings. The Labute approximate surface area is 144 Å². The summed E-state index contributed by atoms with van der Waals surface area (Å²) in [4.78, 5) is 0. The van der Waals surface area contributed by atoms with E-state index < -0.39 is 0 Å². The molecule has 2 atom stereocenters. The van der Waals surface area contributed by atoms with Crippen molar-refractivity contribution in [3.05, 3.63) is 101 Å². The van der Waals surface area contributed by atoms with Crippen LogP contribution in [0, 0.1) is 6.92 Å². The predicted molar refractivity (Wildman–Crippen MR) is 101 cm³/mol. The van der Waals surface area contributed by atoms with Crippen LogP contribution >= 0.6 is 0 Å². The molecule has 0 aliphatic heterocycles. The van der Waals surface area contributed by atoms with Gasteiger partial charge in [-0.25, -0.2) is 0 Å². The maximum Gasteiger partial charge on any atom is 0.123 e. The maximum atomic E-state index is 11.0. The first-order valence-corrected chi connectivity index (χ1v) is 8.51. The number of hydrogen-bond donors (Lipinski definition) is 1. The average molecular weight is 316 g/mol. The van der Waals surface area contributed by atoms with Crippen LogP contribution in [0.5, 0.6) is 5.75 Å². The van der Waals surface area contributed by atoms with Gasteiger partial charge in [-0.3, -0.25) is 0 Å². The first-order valence-electron chi connectivity index (χ1n) is 8.51. The molecule has 0 amide bonds. The lowest BCUT2D eigenvalue weighted by molar-refractivity contribution is 0.456. The highest BCUT2D eigenvalue weighted by Crippen LogP contribution is 2.39. The van der Waals surface area contributed by atoms with Crippen LogP contribution in [0.25, 0.3) is 0 Å². The van der Waals surface area contributed by atoms with Crippen molar-refractivity contribution in [1.82, 2.24) is 0 Å². The monoisotopic (exact) mass is 316 g/mol. The van der Waals surface area contributed by atoms with Crippen LogP contribution in [-0.2, 0) is 0 Å². The SMILES string of the molecule is Cc1cc([C@H](C)c2ccccc2)c(O)c([C@H](C)c2ccccc2)c1. The van der Waals surface area contributed by atoms with Gasteiger partial charge in [0, 0.05) is 23.0 Å². The fourth-order valence-electron chi connectivity index (χ4n) is 3.34. The minimum absolute atomic E-state index is 0.160. The van der Waals surface area contributed by atoms with E-state index in [9.17, 15) is 5.11 Å². The summed E-state index contributed by atoms with van der Waals surface area (Å²) in [5.74, 6) is 0.744. The zero-order valence-electron chi connectivity index (χ0n) is 14.5. The molecule has 0 aliphatic carbocycles. The number of benzene rings is 3. The molecule has 0 aromatic heterocycles. The first kappa shape index (κ1) is 16.3. The van der Waals surface area contributed by atoms with Crippen LogP contribution in [0.15, 0.2) is 72.8 Å². The standard InChI is InChI=1S/C23H24O/c1-16-14-21(17(2)19-10-6-4-7-11-19)23(24)22(15-16)18(3)20-12-8-5-9-13-20/h4-15,17-18,24H,1-3H3/t17-,18-/m1/s1. The summed E-state index contributed by atoms with van der Waals surface area (Å²) < 4.78 is 0. The van der Waals surface area contributed by atoms with E-state index in [2.05, 4.69) is 57.2 Å². The lowest BCUT2D eigenvalue weighted by Gasteiger charge is -2.21. The molecule has 1 nitrogen and oxygen atoms in total. The summed E-state index contributed by atoms with van der Waals surface area (Å²) in [6.45, 7) is 6.41. The lowest BCUT2D eigenvalue weighted by Crippen LogP contribution is -2.03. The van der Waals surface area contributed by atoms with Gasteiger partial charge < -0.3 is 5.11 Å². The minimum atomic E-state index is 0.160. The average Bonchev–Trinajstić information content (AvgIpc) is 2.63. The van der Waals surface area contributed by atoms with Gasteiger partial charge in [0.25, 0.3) is 0 Å². The molecule has 1 N–H and O–H groups in total. The van der Waals surface area contributed by atoms with E-state index in [0.717, 1.165) is 11.1 Å². The number of phenolic OH excluding ortho intramolecular Hbond substituents is 1. The van der Waals surface area contributed by atoms with E-state index in [4.69, 9.17) is 0 Å². The summed E-state index contributed by atoms with van der Waals surface area (Å²) in [7, 11) is 0. The quantitative estimate of drug-likeness (QED) is 0.625. The van der Waals surface area contributed by atoms with E-state index in [1.54, 1.807) is 0 Å². The van der Waals surface area contributed by atoms with Gasteiger partial charge in [-0.2, -0.15) is 0 Å². The molecule has 3 rings (SSSR count). The van der Waals surface area contributed by atoms with E-state index >= 15 is 0 Å². The smallest absolute Gasteiger partial charge is 0.123 e. The highest BCUT2D eigenvalue weighted by molar-refractivity contribution is 5.51. The molecule has 24 heavy (non-hydrogen) atoms. The van der Waals surface area contributed by atoms with Crippen molar-refractivity contribution in [3.63, 3.8) is 0 Å². The van der Waals surface area contributed by atoms with E-state index in [1.807, 2.05) is 36.4 Å². The van der Waals surface area contributed by atoms with Gasteiger partial charge in [-0.05, 0) is 18.1 Å². The van der Waals surface area contributed by atoms with Crippen molar-refractivity contribution in [2.75, 3.05) is 0 Å². The van der Waals surface area contributed by atoms with Crippen molar-refractivity contribution in [2.45, 2.75) is 32.6 Å². The van der Waals surface area contributed by atoms with Gasteiger partial charge in [0.15, 0.2) is 0 Å². The van der Waals surface area contributed by atoms with Gasteiger partial charge in [0.2, 0.25) is 0 Å². The van der Waals surface area contributed by atoms with Crippen LogP contribution in [0.2, 0.25) is 0 Å². The van der Waals surface area contributed by atoms with Crippen LogP contribution in [0.4, 0.5) is 0 Å². The molecule has 0 bridgehead atoms. The van der Waals surface area contributed by atoms with E-state index in [1.165, 1.54) is 16.7 Å². The molecule has 3 aromatic rings. The molecule has 0 aliphatic rings. The Morgan fingerprint density at radius 1 is 0.667 bits per heavy atom. The lowest BCUT2D eigenvalue weighted by atomic mass is 9.85. The summed E-state index contributed by atoms with van der Waals surface area (Å²) in [5, 5.41) is 11.0. The van der Waals surface area contributed by atoms with Gasteiger partial charge in [0.05, 0.1) is 0 Å². The van der Waals surface area contributed by atoms with Crippen molar-refractivity contribution in [3.8, 4) is 5.75 Å². The zero-order chi connectivity index (χ0) is 17.1. The largest absolute Gasteiger partial charge is 0.507 e. The van der Waals surface area contributed by atoms with Crippen molar-refractivity contribution < 1.29 is 5.11 Å². The molecule has 122 valence electrons. The van der Waals surface area contributed by atoms with Gasteiger partial charge in [-0.1, -0.05) is 92.2 Å². The molecule has 1 heteroatoms. The second-order valence-electron chi connectivity index (χ2n) is 6.56. The Morgan fingerprint density at radius 2 is 1.04 bits per heavy atom. The highest BCUT2D eigenvalue weighted by atomic mass is 16.3. The number of aryl methyl sites for hydroxylation is 1. The summed E-state index contributed by atoms with van der Waals surface area (Å²) in [6.07, 6.45) is 0. The van der Waals surface area contributed by atoms with Gasteiger partial charge in [-0.15, -0.1) is 0 Å². The molecule has 0 unspecified atom stereocenters. The fourth-order valence-corrected chi connectivity index (χ4v) is 3.34. The molecular weight excluding hydrogens is 292 g/mol. The van der Waals surface area contributed by atoms with Crippen molar-refractivity contribution in [2.24, 2.45) is 0 Å². The maximum absolute atomic E-state index is 11.0. The molecule has 0 saturated heterocycles. The number of hydrogen-bond acceptors (Lipinski definition) is 1. The number of rotatable bonds is 4. The Kier molecular flexibility index (Phi) is 4.71. The second kappa shape index (κ2) is 6.92. The van der Waals surface area contributed by atoms with Crippen molar-refractivity contribution in [1.29, 1.82) is 0 Å². The third-order valence-electron chi connectivity index (χ3n) is 4.85. The molecule has 0 saturated carbocycles. The van der Waals surface area contributed by atoms with Crippen molar-refractivity contribution >= 4 is 0 Å². The second-order valence-corrected chi connectivity index (χ2v) is 6.56. The predicted octanol–water partition coefficient (Wildman–Crippen LogP) is 6.00. The molecule has 0 heterocycles. The van der Waals surface area contributed by atoms with Crippen LogP contribution in [0.3, 0.4) is 0 Å². The zero-order valence-corrected chi connectivity index (χ0v) is 14.5. The number of phenols is 1. The Morgan fingerprint density at radius 3 is 1.42 bits per heavy atom. The third kappa shape index (κ3) is 3.21. The Balaban J connectivity index is 2.05.